The molecule has 0 saturated heterocycles. The highest BCUT2D eigenvalue weighted by Gasteiger charge is 2.46. The van der Waals surface area contributed by atoms with Crippen LogP contribution in [0.1, 0.15) is 12.0 Å². The number of nitrogens with zero attached hydrogens (tertiary/aromatic N) is 1. The summed E-state index contributed by atoms with van der Waals surface area (Å²) in [5, 5.41) is 10.6. The van der Waals surface area contributed by atoms with Gasteiger partial charge in [0.1, 0.15) is 4.92 Å². The Bertz CT molecular complexity index is 512. The van der Waals surface area contributed by atoms with E-state index in [0.29, 0.717) is 0 Å². The average molecular weight is 248 g/mol. The Morgan fingerprint density at radius 2 is 2.11 bits per heavy atom. The van der Waals surface area contributed by atoms with E-state index in [1.165, 1.54) is 6.08 Å². The van der Waals surface area contributed by atoms with Gasteiger partial charge in [0.25, 0.3) is 5.91 Å². The first kappa shape index (κ1) is 12.1. The fourth-order valence-electron chi connectivity index (χ4n) is 1.92. The van der Waals surface area contributed by atoms with Gasteiger partial charge >= 0.3 is 5.88 Å². The van der Waals surface area contributed by atoms with Crippen molar-refractivity contribution in [2.45, 2.75) is 18.4 Å². The molecule has 0 fully saturated rings. The molecule has 0 bridgehead atoms. The van der Waals surface area contributed by atoms with Crippen LogP contribution in [0.2, 0.25) is 0 Å². The van der Waals surface area contributed by atoms with Crippen molar-refractivity contribution in [2.75, 3.05) is 0 Å². The van der Waals surface area contributed by atoms with E-state index in [2.05, 4.69) is 0 Å². The summed E-state index contributed by atoms with van der Waals surface area (Å²) < 4.78 is 5.16. The first-order valence-corrected chi connectivity index (χ1v) is 5.41. The van der Waals surface area contributed by atoms with Gasteiger partial charge in [0.2, 0.25) is 5.60 Å². The predicted molar refractivity (Wildman–Crippen MR) is 62.9 cm³/mol. The Morgan fingerprint density at radius 3 is 2.61 bits per heavy atom. The Kier molecular flexibility index (Phi) is 3.01. The summed E-state index contributed by atoms with van der Waals surface area (Å²) in [4.78, 5) is 21.5. The molecule has 1 atom stereocenters. The van der Waals surface area contributed by atoms with Gasteiger partial charge in [-0.2, -0.15) is 0 Å². The number of nitrogens with two attached hydrogens (primary N) is 1. The number of benzene rings is 1. The molecule has 6 nitrogen and oxygen atoms in total. The maximum atomic E-state index is 11.5. The Balaban J connectivity index is 2.21. The van der Waals surface area contributed by atoms with Crippen LogP contribution in [-0.4, -0.2) is 16.4 Å². The minimum atomic E-state index is -1.34. The average Bonchev–Trinajstić information content (AvgIpc) is 2.76. The number of nitro groups is 1. The zero-order chi connectivity index (χ0) is 13.2. The maximum Gasteiger partial charge on any atom is 0.425 e. The largest absolute Gasteiger partial charge is 0.425 e. The third-order valence-electron chi connectivity index (χ3n) is 2.87. The number of carbonyl (C=O) groups is 1. The van der Waals surface area contributed by atoms with Gasteiger partial charge in [0.15, 0.2) is 0 Å². The van der Waals surface area contributed by atoms with Gasteiger partial charge in [-0.3, -0.25) is 14.9 Å². The topological polar surface area (TPSA) is 95.5 Å². The number of hydrogen-bond donors (Lipinski definition) is 1. The van der Waals surface area contributed by atoms with Crippen LogP contribution in [0.25, 0.3) is 0 Å². The van der Waals surface area contributed by atoms with Crippen LogP contribution in [-0.2, 0) is 16.0 Å². The summed E-state index contributed by atoms with van der Waals surface area (Å²) in [5.41, 5.74) is 4.82. The van der Waals surface area contributed by atoms with E-state index in [4.69, 9.17) is 10.5 Å². The van der Waals surface area contributed by atoms with Crippen LogP contribution >= 0.6 is 0 Å². The van der Waals surface area contributed by atoms with E-state index in [0.717, 1.165) is 5.56 Å². The first-order chi connectivity index (χ1) is 8.53. The minimum Gasteiger partial charge on any atom is -0.423 e. The molecule has 0 spiro atoms. The second-order valence-corrected chi connectivity index (χ2v) is 4.13. The summed E-state index contributed by atoms with van der Waals surface area (Å²) in [5.74, 6) is -1.11. The predicted octanol–water partition coefficient (Wildman–Crippen LogP) is 0.992. The lowest BCUT2D eigenvalue weighted by Gasteiger charge is -2.24. The van der Waals surface area contributed by atoms with Crippen molar-refractivity contribution in [3.05, 3.63) is 58.0 Å². The smallest absolute Gasteiger partial charge is 0.423 e. The van der Waals surface area contributed by atoms with E-state index in [9.17, 15) is 14.9 Å². The number of carbonyl (C=O) groups excluding carboxylic acids is 1. The van der Waals surface area contributed by atoms with Crippen LogP contribution in [0, 0.1) is 10.1 Å². The van der Waals surface area contributed by atoms with E-state index in [1.807, 2.05) is 30.3 Å². The zero-order valence-electron chi connectivity index (χ0n) is 9.54. The molecule has 1 aliphatic rings. The molecule has 0 aliphatic carbocycles. The van der Waals surface area contributed by atoms with Crippen molar-refractivity contribution in [2.24, 2.45) is 5.73 Å². The van der Waals surface area contributed by atoms with Crippen LogP contribution in [0.4, 0.5) is 0 Å². The molecule has 1 aliphatic heterocycles. The molecule has 1 aromatic carbocycles. The van der Waals surface area contributed by atoms with Crippen molar-refractivity contribution in [3.63, 3.8) is 0 Å². The van der Waals surface area contributed by atoms with E-state index in [-0.39, 0.29) is 12.8 Å². The molecule has 94 valence electrons. The SMILES string of the molecule is NC(=O)C1(Cc2ccccc2)CC=C([N+](=O)[O-])O1. The fourth-order valence-corrected chi connectivity index (χ4v) is 1.92. The highest BCUT2D eigenvalue weighted by Crippen LogP contribution is 2.31. The van der Waals surface area contributed by atoms with Gasteiger partial charge in [-0.25, -0.2) is 0 Å². The summed E-state index contributed by atoms with van der Waals surface area (Å²) in [7, 11) is 0. The van der Waals surface area contributed by atoms with Gasteiger partial charge in [-0.05, 0) is 5.56 Å². The molecule has 1 unspecified atom stereocenters. The third kappa shape index (κ3) is 2.17. The van der Waals surface area contributed by atoms with Gasteiger partial charge in [-0.15, -0.1) is 0 Å². The Morgan fingerprint density at radius 1 is 1.44 bits per heavy atom. The lowest BCUT2D eigenvalue weighted by atomic mass is 9.91. The molecule has 1 amide bonds. The van der Waals surface area contributed by atoms with E-state index >= 15 is 0 Å². The van der Waals surface area contributed by atoms with Crippen molar-refractivity contribution >= 4 is 5.91 Å². The second kappa shape index (κ2) is 4.48. The molecule has 2 N–H and O–H groups in total. The summed E-state index contributed by atoms with van der Waals surface area (Å²) >= 11 is 0. The monoisotopic (exact) mass is 248 g/mol. The normalized spacial score (nSPS) is 22.1. The van der Waals surface area contributed by atoms with Crippen molar-refractivity contribution < 1.29 is 14.5 Å². The summed E-state index contributed by atoms with van der Waals surface area (Å²) in [6, 6.07) is 9.12. The Labute approximate surface area is 103 Å². The Hall–Kier alpha value is -2.37. The highest BCUT2D eigenvalue weighted by molar-refractivity contribution is 5.84. The molecule has 18 heavy (non-hydrogen) atoms. The lowest BCUT2D eigenvalue weighted by molar-refractivity contribution is -0.466. The molecule has 0 saturated carbocycles. The second-order valence-electron chi connectivity index (χ2n) is 4.13. The van der Waals surface area contributed by atoms with Gasteiger partial charge in [-0.1, -0.05) is 30.3 Å². The highest BCUT2D eigenvalue weighted by atomic mass is 16.7. The van der Waals surface area contributed by atoms with Crippen LogP contribution in [0.3, 0.4) is 0 Å². The zero-order valence-corrected chi connectivity index (χ0v) is 9.54. The maximum absolute atomic E-state index is 11.5. The fraction of sp³-hybridized carbons (Fsp3) is 0.250. The van der Waals surface area contributed by atoms with Crippen LogP contribution in [0.5, 0.6) is 0 Å². The molecular formula is C12H12N2O4. The van der Waals surface area contributed by atoms with E-state index < -0.39 is 22.3 Å². The van der Waals surface area contributed by atoms with Gasteiger partial charge < -0.3 is 10.5 Å². The summed E-state index contributed by atoms with van der Waals surface area (Å²) in [6.07, 6.45) is 1.62. The number of hydrogen-bond acceptors (Lipinski definition) is 4. The van der Waals surface area contributed by atoms with Crippen LogP contribution in [0.15, 0.2) is 42.3 Å². The molecule has 2 rings (SSSR count). The van der Waals surface area contributed by atoms with Gasteiger partial charge in [0, 0.05) is 18.9 Å². The van der Waals surface area contributed by atoms with Crippen molar-refractivity contribution in [3.8, 4) is 0 Å². The molecular weight excluding hydrogens is 236 g/mol. The molecule has 6 heteroatoms. The number of amides is 1. The van der Waals surface area contributed by atoms with E-state index in [1.54, 1.807) is 0 Å². The quantitative estimate of drug-likeness (QED) is 0.634. The number of primary amides is 1. The first-order valence-electron chi connectivity index (χ1n) is 5.41. The van der Waals surface area contributed by atoms with Crippen LogP contribution < -0.4 is 5.73 Å². The molecule has 1 heterocycles. The summed E-state index contributed by atoms with van der Waals surface area (Å²) in [6.45, 7) is 0. The molecule has 1 aromatic rings. The number of ether oxygens (including phenoxy) is 1. The molecule has 0 aromatic heterocycles. The standard InChI is InChI=1S/C12H12N2O4/c13-11(15)12(7-6-10(18-12)14(16)17)8-9-4-2-1-3-5-9/h1-6H,7-8H2,(H2,13,15). The van der Waals surface area contributed by atoms with Crippen molar-refractivity contribution in [1.82, 2.24) is 0 Å². The van der Waals surface area contributed by atoms with Crippen molar-refractivity contribution in [1.29, 1.82) is 0 Å². The third-order valence-corrected chi connectivity index (χ3v) is 2.87. The van der Waals surface area contributed by atoms with Gasteiger partial charge in [0.05, 0.1) is 0 Å². The number of rotatable bonds is 4. The lowest BCUT2D eigenvalue weighted by Crippen LogP contribution is -2.46. The molecule has 0 radical (unpaired) electrons. The minimum absolute atomic E-state index is 0.119.